The smallest absolute Gasteiger partial charge is 0.204 e. The molecule has 1 aliphatic rings. The average Bonchev–Trinajstić information content (AvgIpc) is 2.93. The summed E-state index contributed by atoms with van der Waals surface area (Å²) in [6.07, 6.45) is 3.45. The fourth-order valence-electron chi connectivity index (χ4n) is 2.53. The van der Waals surface area contributed by atoms with Crippen molar-refractivity contribution in [1.29, 1.82) is 0 Å². The summed E-state index contributed by atoms with van der Waals surface area (Å²) in [7, 11) is 0. The molecule has 0 saturated heterocycles. The van der Waals surface area contributed by atoms with Crippen LogP contribution in [0.15, 0.2) is 18.2 Å². The molecule has 0 fully saturated rings. The Morgan fingerprint density at radius 3 is 2.63 bits per heavy atom. The van der Waals surface area contributed by atoms with Gasteiger partial charge in [0, 0.05) is 10.4 Å². The highest BCUT2D eigenvalue weighted by atomic mass is 35.5. The lowest BCUT2D eigenvalue weighted by Gasteiger charge is -2.06. The number of thiophene rings is 1. The molecule has 3 rings (SSSR count). The molecular weight excluding hydrogens is 276 g/mol. The lowest BCUT2D eigenvalue weighted by atomic mass is 10.0. The molecule has 1 aromatic carbocycles. The molecule has 0 N–H and O–H groups in total. The Kier molecular flexibility index (Phi) is 3.23. The van der Waals surface area contributed by atoms with Gasteiger partial charge in [-0.2, -0.15) is 0 Å². The molecule has 0 bridgehead atoms. The summed E-state index contributed by atoms with van der Waals surface area (Å²) >= 11 is 7.86. The molecule has 1 aliphatic carbocycles. The van der Waals surface area contributed by atoms with E-state index in [4.69, 9.17) is 11.6 Å². The Morgan fingerprint density at radius 1 is 1.16 bits per heavy atom. The summed E-state index contributed by atoms with van der Waals surface area (Å²) in [5.74, 6) is 0.0625. The topological polar surface area (TPSA) is 17.1 Å². The second-order valence-corrected chi connectivity index (χ2v) is 6.70. The lowest BCUT2D eigenvalue weighted by Crippen LogP contribution is -2.01. The second-order valence-electron chi connectivity index (χ2n) is 5.16. The summed E-state index contributed by atoms with van der Waals surface area (Å²) in [4.78, 5) is 14.8. The number of aryl methyl sites for hydroxylation is 4. The number of hydrogen-bond acceptors (Lipinski definition) is 2. The summed E-state index contributed by atoms with van der Waals surface area (Å²) in [6, 6.07) is 5.84. The molecule has 98 valence electrons. The van der Waals surface area contributed by atoms with Gasteiger partial charge in [-0.15, -0.1) is 11.3 Å². The summed E-state index contributed by atoms with van der Waals surface area (Å²) < 4.78 is 0. The van der Waals surface area contributed by atoms with Crippen LogP contribution >= 0.6 is 22.9 Å². The fourth-order valence-corrected chi connectivity index (χ4v) is 4.04. The van der Waals surface area contributed by atoms with Crippen LogP contribution in [0.2, 0.25) is 5.02 Å². The highest BCUT2D eigenvalue weighted by Gasteiger charge is 2.21. The Morgan fingerprint density at radius 2 is 1.89 bits per heavy atom. The first-order valence-electron chi connectivity index (χ1n) is 6.49. The Hall–Kier alpha value is -1.12. The van der Waals surface area contributed by atoms with Crippen LogP contribution in [0.5, 0.6) is 0 Å². The number of hydrogen-bond donors (Lipinski definition) is 0. The third kappa shape index (κ3) is 2.24. The van der Waals surface area contributed by atoms with Crippen molar-refractivity contribution in [1.82, 2.24) is 0 Å². The van der Waals surface area contributed by atoms with Crippen molar-refractivity contribution < 1.29 is 4.79 Å². The molecule has 3 heteroatoms. The largest absolute Gasteiger partial charge is 0.288 e. The third-order valence-electron chi connectivity index (χ3n) is 3.80. The van der Waals surface area contributed by atoms with Crippen molar-refractivity contribution in [2.45, 2.75) is 33.1 Å². The highest BCUT2D eigenvalue weighted by Crippen LogP contribution is 2.33. The molecule has 1 aromatic heterocycles. The van der Waals surface area contributed by atoms with Crippen LogP contribution in [0.3, 0.4) is 0 Å². The fraction of sp³-hybridized carbons (Fsp3) is 0.312. The summed E-state index contributed by atoms with van der Waals surface area (Å²) in [5, 5.41) is 0.557. The molecule has 2 aromatic rings. The SMILES string of the molecule is Cc1cc(Cl)c(C(=O)c2cc3c(s2)CCC3)cc1C. The Bertz CT molecular complexity index is 648. The van der Waals surface area contributed by atoms with E-state index in [9.17, 15) is 4.79 Å². The zero-order valence-corrected chi connectivity index (χ0v) is 12.6. The van der Waals surface area contributed by atoms with Crippen LogP contribution in [0.25, 0.3) is 0 Å². The number of rotatable bonds is 2. The molecule has 1 nitrogen and oxygen atoms in total. The summed E-state index contributed by atoms with van der Waals surface area (Å²) in [5.41, 5.74) is 4.21. The van der Waals surface area contributed by atoms with E-state index in [-0.39, 0.29) is 5.78 Å². The molecule has 0 amide bonds. The first kappa shape index (κ1) is 12.9. The van der Waals surface area contributed by atoms with Crippen LogP contribution < -0.4 is 0 Å². The van der Waals surface area contributed by atoms with Gasteiger partial charge in [0.15, 0.2) is 0 Å². The van der Waals surface area contributed by atoms with Crippen molar-refractivity contribution in [2.75, 3.05) is 0 Å². The first-order valence-corrected chi connectivity index (χ1v) is 7.68. The van der Waals surface area contributed by atoms with Gasteiger partial charge >= 0.3 is 0 Å². The van der Waals surface area contributed by atoms with Crippen molar-refractivity contribution in [2.24, 2.45) is 0 Å². The predicted molar refractivity (Wildman–Crippen MR) is 80.7 cm³/mol. The standard InChI is InChI=1S/C16H15ClOS/c1-9-6-12(13(17)7-10(9)2)16(18)15-8-11-4-3-5-14(11)19-15/h6-8H,3-5H2,1-2H3. The molecule has 0 unspecified atom stereocenters. The van der Waals surface area contributed by atoms with Crippen molar-refractivity contribution in [3.63, 3.8) is 0 Å². The second kappa shape index (κ2) is 4.77. The van der Waals surface area contributed by atoms with Gasteiger partial charge in [-0.3, -0.25) is 4.79 Å². The minimum absolute atomic E-state index is 0.0625. The third-order valence-corrected chi connectivity index (χ3v) is 5.35. The van der Waals surface area contributed by atoms with E-state index in [0.717, 1.165) is 28.8 Å². The number of ketones is 1. The Balaban J connectivity index is 2.01. The number of fused-ring (bicyclic) bond motifs is 1. The van der Waals surface area contributed by atoms with Crippen LogP contribution in [-0.4, -0.2) is 5.78 Å². The van der Waals surface area contributed by atoms with Crippen molar-refractivity contribution in [3.8, 4) is 0 Å². The van der Waals surface area contributed by atoms with Crippen LogP contribution in [-0.2, 0) is 12.8 Å². The van der Waals surface area contributed by atoms with Gasteiger partial charge in [0.1, 0.15) is 0 Å². The van der Waals surface area contributed by atoms with E-state index < -0.39 is 0 Å². The highest BCUT2D eigenvalue weighted by molar-refractivity contribution is 7.14. The van der Waals surface area contributed by atoms with Crippen LogP contribution in [0.4, 0.5) is 0 Å². The molecular formula is C16H15ClOS. The maximum Gasteiger partial charge on any atom is 0.204 e. The van der Waals surface area contributed by atoms with Gasteiger partial charge in [0.2, 0.25) is 5.78 Å². The number of carbonyl (C=O) groups excluding carboxylic acids is 1. The van der Waals surface area contributed by atoms with Crippen molar-refractivity contribution in [3.05, 3.63) is 55.2 Å². The van der Waals surface area contributed by atoms with E-state index in [0.29, 0.717) is 10.6 Å². The van der Waals surface area contributed by atoms with Gasteiger partial charge in [0.05, 0.1) is 9.90 Å². The zero-order valence-electron chi connectivity index (χ0n) is 11.0. The van der Waals surface area contributed by atoms with E-state index in [1.54, 1.807) is 11.3 Å². The van der Waals surface area contributed by atoms with Crippen LogP contribution in [0.1, 0.15) is 43.2 Å². The van der Waals surface area contributed by atoms with Crippen LogP contribution in [0, 0.1) is 13.8 Å². The first-order chi connectivity index (χ1) is 9.06. The van der Waals surface area contributed by atoms with Crippen molar-refractivity contribution >= 4 is 28.7 Å². The number of benzene rings is 1. The number of carbonyl (C=O) groups is 1. The molecule has 0 radical (unpaired) electrons. The monoisotopic (exact) mass is 290 g/mol. The van der Waals surface area contributed by atoms with E-state index in [1.807, 2.05) is 26.0 Å². The molecule has 0 aliphatic heterocycles. The molecule has 0 spiro atoms. The average molecular weight is 291 g/mol. The van der Waals surface area contributed by atoms with Gasteiger partial charge in [-0.05, 0) is 68.0 Å². The minimum Gasteiger partial charge on any atom is -0.288 e. The predicted octanol–water partition coefficient (Wildman–Crippen LogP) is 4.74. The minimum atomic E-state index is 0.0625. The van der Waals surface area contributed by atoms with Gasteiger partial charge < -0.3 is 0 Å². The maximum atomic E-state index is 12.6. The zero-order chi connectivity index (χ0) is 13.6. The molecule has 19 heavy (non-hydrogen) atoms. The molecule has 0 saturated carbocycles. The summed E-state index contributed by atoms with van der Waals surface area (Å²) in [6.45, 7) is 4.02. The quantitative estimate of drug-likeness (QED) is 0.730. The lowest BCUT2D eigenvalue weighted by molar-refractivity contribution is 0.104. The van der Waals surface area contributed by atoms with E-state index >= 15 is 0 Å². The molecule has 0 atom stereocenters. The molecule has 1 heterocycles. The van der Waals surface area contributed by atoms with Gasteiger partial charge in [-0.25, -0.2) is 0 Å². The van der Waals surface area contributed by atoms with Gasteiger partial charge in [0.25, 0.3) is 0 Å². The maximum absolute atomic E-state index is 12.6. The Labute approximate surface area is 122 Å². The number of halogens is 1. The van der Waals surface area contributed by atoms with E-state index in [2.05, 4.69) is 6.07 Å². The normalized spacial score (nSPS) is 13.6. The van der Waals surface area contributed by atoms with E-state index in [1.165, 1.54) is 16.9 Å². The van der Waals surface area contributed by atoms with Gasteiger partial charge in [-0.1, -0.05) is 11.6 Å².